The van der Waals surface area contributed by atoms with E-state index in [2.05, 4.69) is 21.3 Å². The molecular weight excluding hydrogens is 440 g/mol. The molecule has 33 heavy (non-hydrogen) atoms. The maximum atomic E-state index is 12.9. The second-order valence-electron chi connectivity index (χ2n) is 7.69. The lowest BCUT2D eigenvalue weighted by Crippen LogP contribution is -2.47. The van der Waals surface area contributed by atoms with E-state index in [1.807, 2.05) is 32.0 Å². The minimum atomic E-state index is -0.785. The molecule has 1 unspecified atom stereocenters. The highest BCUT2D eigenvalue weighted by Gasteiger charge is 2.25. The van der Waals surface area contributed by atoms with E-state index in [0.29, 0.717) is 27.6 Å². The van der Waals surface area contributed by atoms with Gasteiger partial charge < -0.3 is 21.3 Å². The Morgan fingerprint density at radius 2 is 1.30 bits per heavy atom. The Morgan fingerprint density at radius 3 is 1.97 bits per heavy atom. The van der Waals surface area contributed by atoms with E-state index >= 15 is 0 Å². The first-order chi connectivity index (χ1) is 15.8. The first kappa shape index (κ1) is 23.8. The van der Waals surface area contributed by atoms with Crippen LogP contribution >= 0.6 is 11.6 Å². The van der Waals surface area contributed by atoms with E-state index in [0.717, 1.165) is 0 Å². The fourth-order valence-electron chi connectivity index (χ4n) is 3.11. The largest absolute Gasteiger partial charge is 0.340 e. The number of hydrogen-bond acceptors (Lipinski definition) is 3. The van der Waals surface area contributed by atoms with Crippen LogP contribution < -0.4 is 21.3 Å². The predicted molar refractivity (Wildman–Crippen MR) is 132 cm³/mol. The molecule has 0 aromatic heterocycles. The number of halogens is 1. The zero-order chi connectivity index (χ0) is 23.8. The van der Waals surface area contributed by atoms with Crippen molar-refractivity contribution in [2.45, 2.75) is 19.9 Å². The smallest absolute Gasteiger partial charge is 0.323 e. The molecule has 3 rings (SSSR count). The summed E-state index contributed by atoms with van der Waals surface area (Å²) in [6, 6.07) is 21.3. The van der Waals surface area contributed by atoms with Gasteiger partial charge >= 0.3 is 6.03 Å². The highest BCUT2D eigenvalue weighted by atomic mass is 35.5. The van der Waals surface area contributed by atoms with Crippen molar-refractivity contribution in [2.24, 2.45) is 5.92 Å². The summed E-state index contributed by atoms with van der Waals surface area (Å²) in [5, 5.41) is 11.3. The summed E-state index contributed by atoms with van der Waals surface area (Å²) >= 11 is 6.10. The molecular formula is C25H25ClN4O3. The summed E-state index contributed by atoms with van der Waals surface area (Å²) in [4.78, 5) is 37.8. The molecule has 0 fully saturated rings. The van der Waals surface area contributed by atoms with Gasteiger partial charge in [0.15, 0.2) is 0 Å². The number of benzene rings is 3. The van der Waals surface area contributed by atoms with Gasteiger partial charge in [-0.25, -0.2) is 4.79 Å². The second-order valence-corrected chi connectivity index (χ2v) is 8.10. The lowest BCUT2D eigenvalue weighted by molar-refractivity contribution is -0.118. The summed E-state index contributed by atoms with van der Waals surface area (Å²) in [7, 11) is 0. The number of amides is 4. The molecule has 4 N–H and O–H groups in total. The van der Waals surface area contributed by atoms with Gasteiger partial charge in [0.25, 0.3) is 5.91 Å². The van der Waals surface area contributed by atoms with Crippen molar-refractivity contribution in [1.29, 1.82) is 0 Å². The van der Waals surface area contributed by atoms with E-state index in [1.54, 1.807) is 60.7 Å². The zero-order valence-corrected chi connectivity index (χ0v) is 19.0. The Hall–Kier alpha value is -3.84. The van der Waals surface area contributed by atoms with E-state index in [4.69, 9.17) is 11.6 Å². The summed E-state index contributed by atoms with van der Waals surface area (Å²) < 4.78 is 0. The monoisotopic (exact) mass is 464 g/mol. The molecule has 4 amide bonds. The van der Waals surface area contributed by atoms with Crippen molar-refractivity contribution >= 4 is 46.5 Å². The Labute approximate surface area is 197 Å². The van der Waals surface area contributed by atoms with Crippen molar-refractivity contribution in [1.82, 2.24) is 5.32 Å². The average Bonchev–Trinajstić information content (AvgIpc) is 2.78. The van der Waals surface area contributed by atoms with Gasteiger partial charge in [0.2, 0.25) is 5.91 Å². The normalized spacial score (nSPS) is 11.4. The molecule has 170 valence electrons. The summed E-state index contributed by atoms with van der Waals surface area (Å²) in [5.41, 5.74) is 1.94. The van der Waals surface area contributed by atoms with Crippen LogP contribution in [-0.2, 0) is 4.79 Å². The molecule has 0 radical (unpaired) electrons. The highest BCUT2D eigenvalue weighted by molar-refractivity contribution is 6.33. The quantitative estimate of drug-likeness (QED) is 0.378. The van der Waals surface area contributed by atoms with E-state index < -0.39 is 18.0 Å². The SMILES string of the molecule is CC(C)C(NC(=O)c1ccccc1Cl)C(=O)Nc1cccc(NC(=O)Nc2ccccc2)c1. The van der Waals surface area contributed by atoms with Gasteiger partial charge in [-0.2, -0.15) is 0 Å². The van der Waals surface area contributed by atoms with Gasteiger partial charge in [-0.15, -0.1) is 0 Å². The molecule has 0 saturated heterocycles. The van der Waals surface area contributed by atoms with Crippen LogP contribution in [0.5, 0.6) is 0 Å². The zero-order valence-electron chi connectivity index (χ0n) is 18.3. The molecule has 1 atom stereocenters. The van der Waals surface area contributed by atoms with Crippen molar-refractivity contribution in [3.05, 3.63) is 89.4 Å². The highest BCUT2D eigenvalue weighted by Crippen LogP contribution is 2.18. The first-order valence-corrected chi connectivity index (χ1v) is 10.8. The number of anilines is 3. The van der Waals surface area contributed by atoms with Gasteiger partial charge in [0.05, 0.1) is 10.6 Å². The number of para-hydroxylation sites is 1. The minimum Gasteiger partial charge on any atom is -0.340 e. The van der Waals surface area contributed by atoms with Gasteiger partial charge in [0, 0.05) is 17.1 Å². The van der Waals surface area contributed by atoms with Crippen LogP contribution in [0, 0.1) is 5.92 Å². The molecule has 0 heterocycles. The Morgan fingerprint density at radius 1 is 0.727 bits per heavy atom. The molecule has 3 aromatic carbocycles. The first-order valence-electron chi connectivity index (χ1n) is 10.4. The Bertz CT molecular complexity index is 1140. The van der Waals surface area contributed by atoms with Gasteiger partial charge in [0.1, 0.15) is 6.04 Å². The van der Waals surface area contributed by atoms with E-state index in [-0.39, 0.29) is 11.8 Å². The molecule has 8 heteroatoms. The number of carbonyl (C=O) groups is 3. The molecule has 0 spiro atoms. The van der Waals surface area contributed by atoms with Crippen LogP contribution in [0.4, 0.5) is 21.9 Å². The molecule has 0 aliphatic rings. The number of hydrogen-bond donors (Lipinski definition) is 4. The van der Waals surface area contributed by atoms with E-state index in [1.165, 1.54) is 0 Å². The Kier molecular flexibility index (Phi) is 8.05. The number of carbonyl (C=O) groups excluding carboxylic acids is 3. The molecule has 7 nitrogen and oxygen atoms in total. The van der Waals surface area contributed by atoms with Gasteiger partial charge in [-0.05, 0) is 48.4 Å². The summed E-state index contributed by atoms with van der Waals surface area (Å²) in [5.74, 6) is -0.979. The third-order valence-electron chi connectivity index (χ3n) is 4.77. The van der Waals surface area contributed by atoms with Crippen LogP contribution in [0.2, 0.25) is 5.02 Å². The third kappa shape index (κ3) is 6.82. The van der Waals surface area contributed by atoms with Crippen LogP contribution in [0.25, 0.3) is 0 Å². The van der Waals surface area contributed by atoms with Crippen molar-refractivity contribution < 1.29 is 14.4 Å². The number of nitrogens with one attached hydrogen (secondary N) is 4. The minimum absolute atomic E-state index is 0.172. The molecule has 0 saturated carbocycles. The van der Waals surface area contributed by atoms with Crippen LogP contribution in [0.3, 0.4) is 0 Å². The van der Waals surface area contributed by atoms with Crippen molar-refractivity contribution in [3.63, 3.8) is 0 Å². The lowest BCUT2D eigenvalue weighted by Gasteiger charge is -2.22. The van der Waals surface area contributed by atoms with Crippen molar-refractivity contribution in [3.8, 4) is 0 Å². The van der Waals surface area contributed by atoms with Crippen LogP contribution in [0.15, 0.2) is 78.9 Å². The molecule has 0 aliphatic carbocycles. The molecule has 0 bridgehead atoms. The average molecular weight is 465 g/mol. The standard InChI is InChI=1S/C25H25ClN4O3/c1-16(2)22(30-23(31)20-13-6-7-14-21(20)26)24(32)27-18-11-8-12-19(15-18)29-25(33)28-17-9-4-3-5-10-17/h3-16,22H,1-2H3,(H,27,32)(H,30,31)(H2,28,29,33). The fraction of sp³-hybridized carbons (Fsp3) is 0.160. The summed E-state index contributed by atoms with van der Waals surface area (Å²) in [6.45, 7) is 3.67. The molecule has 3 aromatic rings. The van der Waals surface area contributed by atoms with Gasteiger partial charge in [-0.1, -0.05) is 61.8 Å². The van der Waals surface area contributed by atoms with Crippen LogP contribution in [-0.4, -0.2) is 23.9 Å². The topological polar surface area (TPSA) is 99.3 Å². The van der Waals surface area contributed by atoms with Crippen molar-refractivity contribution in [2.75, 3.05) is 16.0 Å². The van der Waals surface area contributed by atoms with Crippen LogP contribution in [0.1, 0.15) is 24.2 Å². The third-order valence-corrected chi connectivity index (χ3v) is 5.10. The maximum absolute atomic E-state index is 12.9. The Balaban J connectivity index is 1.64. The van der Waals surface area contributed by atoms with E-state index in [9.17, 15) is 14.4 Å². The fourth-order valence-corrected chi connectivity index (χ4v) is 3.33. The lowest BCUT2D eigenvalue weighted by atomic mass is 10.0. The summed E-state index contributed by atoms with van der Waals surface area (Å²) in [6.07, 6.45) is 0. The number of urea groups is 1. The second kappa shape index (κ2) is 11.2. The number of rotatable bonds is 7. The van der Waals surface area contributed by atoms with Gasteiger partial charge in [-0.3, -0.25) is 9.59 Å². The predicted octanol–water partition coefficient (Wildman–Crippen LogP) is 5.38. The maximum Gasteiger partial charge on any atom is 0.323 e. The molecule has 0 aliphatic heterocycles.